The first-order chi connectivity index (χ1) is 12.7. The first kappa shape index (κ1) is 17.8. The number of hydrogen-bond donors (Lipinski definition) is 1. The van der Waals surface area contributed by atoms with E-state index in [-0.39, 0.29) is 11.7 Å². The van der Waals surface area contributed by atoms with Crippen LogP contribution in [0.1, 0.15) is 0 Å². The van der Waals surface area contributed by atoms with Crippen LogP contribution in [0.2, 0.25) is 0 Å². The highest BCUT2D eigenvalue weighted by Gasteiger charge is 2.13. The molecule has 0 aliphatic heterocycles. The molecule has 26 heavy (non-hydrogen) atoms. The molecule has 7 nitrogen and oxygen atoms in total. The lowest BCUT2D eigenvalue weighted by Gasteiger charge is -2.05. The van der Waals surface area contributed by atoms with Gasteiger partial charge in [0.25, 0.3) is 5.22 Å². The zero-order valence-corrected chi connectivity index (χ0v) is 15.1. The summed E-state index contributed by atoms with van der Waals surface area (Å²) in [7, 11) is 3.14. The second-order valence-corrected chi connectivity index (χ2v) is 6.10. The van der Waals surface area contributed by atoms with Gasteiger partial charge in [0, 0.05) is 17.3 Å². The molecular formula is C18H17N3O4S. The van der Waals surface area contributed by atoms with Crippen molar-refractivity contribution in [3.8, 4) is 23.0 Å². The van der Waals surface area contributed by atoms with E-state index in [1.807, 2.05) is 30.3 Å². The zero-order chi connectivity index (χ0) is 18.4. The zero-order valence-electron chi connectivity index (χ0n) is 14.3. The Morgan fingerprint density at radius 1 is 1.08 bits per heavy atom. The minimum absolute atomic E-state index is 0.149. The summed E-state index contributed by atoms with van der Waals surface area (Å²) in [5.41, 5.74) is 1.42. The van der Waals surface area contributed by atoms with E-state index in [1.165, 1.54) is 11.8 Å². The number of nitrogens with zero attached hydrogens (tertiary/aromatic N) is 2. The third-order valence-corrected chi connectivity index (χ3v) is 4.21. The molecule has 8 heteroatoms. The first-order valence-corrected chi connectivity index (χ1v) is 8.71. The summed E-state index contributed by atoms with van der Waals surface area (Å²) < 4.78 is 16.1. The van der Waals surface area contributed by atoms with Gasteiger partial charge in [0.15, 0.2) is 0 Å². The molecule has 1 aromatic heterocycles. The van der Waals surface area contributed by atoms with Gasteiger partial charge < -0.3 is 19.2 Å². The van der Waals surface area contributed by atoms with Gasteiger partial charge in [-0.05, 0) is 24.3 Å². The number of amides is 1. The molecule has 0 atom stereocenters. The highest BCUT2D eigenvalue weighted by atomic mass is 32.2. The molecule has 0 radical (unpaired) electrons. The topological polar surface area (TPSA) is 86.5 Å². The maximum absolute atomic E-state index is 12.0. The average Bonchev–Trinajstić information content (AvgIpc) is 3.16. The molecule has 3 rings (SSSR count). The Labute approximate surface area is 154 Å². The SMILES string of the molecule is COc1cc(OC)cc(-c2nnc(SCC(=O)Nc3ccccc3)o2)c1. The Hall–Kier alpha value is -3.00. The molecular weight excluding hydrogens is 354 g/mol. The van der Waals surface area contributed by atoms with Crippen LogP contribution < -0.4 is 14.8 Å². The standard InChI is InChI=1S/C18H17N3O4S/c1-23-14-8-12(9-15(10-14)24-2)17-20-21-18(25-17)26-11-16(22)19-13-6-4-3-5-7-13/h3-10H,11H2,1-2H3,(H,19,22). The maximum atomic E-state index is 12.0. The molecule has 1 amide bonds. The number of thioether (sulfide) groups is 1. The van der Waals surface area contributed by atoms with E-state index in [2.05, 4.69) is 15.5 Å². The molecule has 1 heterocycles. The third kappa shape index (κ3) is 4.54. The predicted octanol–water partition coefficient (Wildman–Crippen LogP) is 3.48. The van der Waals surface area contributed by atoms with Gasteiger partial charge in [-0.15, -0.1) is 10.2 Å². The maximum Gasteiger partial charge on any atom is 0.277 e. The Bertz CT molecular complexity index is 861. The van der Waals surface area contributed by atoms with Gasteiger partial charge in [-0.3, -0.25) is 4.79 Å². The van der Waals surface area contributed by atoms with Crippen molar-refractivity contribution in [1.82, 2.24) is 10.2 Å². The van der Waals surface area contributed by atoms with Gasteiger partial charge in [-0.25, -0.2) is 0 Å². The van der Waals surface area contributed by atoms with Crippen LogP contribution in [0.15, 0.2) is 58.2 Å². The molecule has 0 unspecified atom stereocenters. The fourth-order valence-corrected chi connectivity index (χ4v) is 2.72. The normalized spacial score (nSPS) is 10.4. The minimum atomic E-state index is -0.149. The molecule has 0 saturated heterocycles. The van der Waals surface area contributed by atoms with Gasteiger partial charge in [-0.1, -0.05) is 30.0 Å². The fourth-order valence-electron chi connectivity index (χ4n) is 2.16. The number of hydrogen-bond acceptors (Lipinski definition) is 7. The number of carbonyl (C=O) groups is 1. The van der Waals surface area contributed by atoms with Crippen molar-refractivity contribution in [3.63, 3.8) is 0 Å². The summed E-state index contributed by atoms with van der Waals surface area (Å²) in [6, 6.07) is 14.5. The summed E-state index contributed by atoms with van der Waals surface area (Å²) in [6.45, 7) is 0. The van der Waals surface area contributed by atoms with Crippen LogP contribution in [0.5, 0.6) is 11.5 Å². The van der Waals surface area contributed by atoms with Crippen molar-refractivity contribution in [3.05, 3.63) is 48.5 Å². The summed E-state index contributed by atoms with van der Waals surface area (Å²) in [5, 5.41) is 11.1. The molecule has 0 saturated carbocycles. The van der Waals surface area contributed by atoms with E-state index >= 15 is 0 Å². The van der Waals surface area contributed by atoms with E-state index in [1.54, 1.807) is 32.4 Å². The fraction of sp³-hybridized carbons (Fsp3) is 0.167. The Balaban J connectivity index is 1.64. The van der Waals surface area contributed by atoms with Crippen LogP contribution >= 0.6 is 11.8 Å². The van der Waals surface area contributed by atoms with Crippen LogP contribution in [0.4, 0.5) is 5.69 Å². The van der Waals surface area contributed by atoms with Gasteiger partial charge in [0.2, 0.25) is 11.8 Å². The van der Waals surface area contributed by atoms with E-state index in [9.17, 15) is 4.79 Å². The number of ether oxygens (including phenoxy) is 2. The highest BCUT2D eigenvalue weighted by Crippen LogP contribution is 2.30. The van der Waals surface area contributed by atoms with Crippen molar-refractivity contribution >= 4 is 23.4 Å². The molecule has 2 aromatic carbocycles. The lowest BCUT2D eigenvalue weighted by atomic mass is 10.2. The summed E-state index contributed by atoms with van der Waals surface area (Å²) in [6.07, 6.45) is 0. The van der Waals surface area contributed by atoms with E-state index in [0.29, 0.717) is 28.2 Å². The van der Waals surface area contributed by atoms with Crippen molar-refractivity contribution in [2.45, 2.75) is 5.22 Å². The molecule has 1 N–H and O–H groups in total. The highest BCUT2D eigenvalue weighted by molar-refractivity contribution is 7.99. The quantitative estimate of drug-likeness (QED) is 0.636. The van der Waals surface area contributed by atoms with E-state index in [4.69, 9.17) is 13.9 Å². The van der Waals surface area contributed by atoms with E-state index in [0.717, 1.165) is 5.69 Å². The number of benzene rings is 2. The number of aromatic nitrogens is 2. The number of nitrogens with one attached hydrogen (secondary N) is 1. The smallest absolute Gasteiger partial charge is 0.277 e. The number of anilines is 1. The molecule has 0 spiro atoms. The van der Waals surface area contributed by atoms with Gasteiger partial charge in [-0.2, -0.15) is 0 Å². The number of rotatable bonds is 7. The third-order valence-electron chi connectivity index (χ3n) is 3.39. The van der Waals surface area contributed by atoms with Crippen molar-refractivity contribution in [1.29, 1.82) is 0 Å². The monoisotopic (exact) mass is 371 g/mol. The molecule has 0 aliphatic rings. The number of carbonyl (C=O) groups excluding carboxylic acids is 1. The van der Waals surface area contributed by atoms with E-state index < -0.39 is 0 Å². The molecule has 0 aliphatic carbocycles. The lowest BCUT2D eigenvalue weighted by Crippen LogP contribution is -2.13. The molecule has 0 fully saturated rings. The van der Waals surface area contributed by atoms with Crippen LogP contribution in [-0.2, 0) is 4.79 Å². The average molecular weight is 371 g/mol. The van der Waals surface area contributed by atoms with Gasteiger partial charge in [0.05, 0.1) is 20.0 Å². The van der Waals surface area contributed by atoms with Gasteiger partial charge >= 0.3 is 0 Å². The summed E-state index contributed by atoms with van der Waals surface area (Å²) in [4.78, 5) is 12.0. The largest absolute Gasteiger partial charge is 0.497 e. The van der Waals surface area contributed by atoms with Crippen LogP contribution in [-0.4, -0.2) is 36.1 Å². The Kier molecular flexibility index (Phi) is 5.75. The Morgan fingerprint density at radius 2 is 1.77 bits per heavy atom. The van der Waals surface area contributed by atoms with Gasteiger partial charge in [0.1, 0.15) is 11.5 Å². The first-order valence-electron chi connectivity index (χ1n) is 7.72. The second-order valence-electron chi connectivity index (χ2n) is 5.18. The predicted molar refractivity (Wildman–Crippen MR) is 98.6 cm³/mol. The molecule has 3 aromatic rings. The summed E-state index contributed by atoms with van der Waals surface area (Å²) >= 11 is 1.17. The Morgan fingerprint density at radius 3 is 2.42 bits per heavy atom. The molecule has 134 valence electrons. The lowest BCUT2D eigenvalue weighted by molar-refractivity contribution is -0.113. The summed E-state index contributed by atoms with van der Waals surface area (Å²) in [5.74, 6) is 1.58. The van der Waals surface area contributed by atoms with Crippen LogP contribution in [0.3, 0.4) is 0 Å². The second kappa shape index (κ2) is 8.39. The minimum Gasteiger partial charge on any atom is -0.497 e. The molecule has 0 bridgehead atoms. The van der Waals surface area contributed by atoms with Crippen LogP contribution in [0.25, 0.3) is 11.5 Å². The van der Waals surface area contributed by atoms with Crippen LogP contribution in [0, 0.1) is 0 Å². The van der Waals surface area contributed by atoms with Crippen molar-refractivity contribution in [2.75, 3.05) is 25.3 Å². The van der Waals surface area contributed by atoms with Crippen molar-refractivity contribution in [2.24, 2.45) is 0 Å². The van der Waals surface area contributed by atoms with Crippen molar-refractivity contribution < 1.29 is 18.7 Å². The number of methoxy groups -OCH3 is 2. The number of para-hydroxylation sites is 1.